The molecule has 0 aliphatic heterocycles. The number of rotatable bonds is 6. The molecule has 0 saturated heterocycles. The lowest BCUT2D eigenvalue weighted by Crippen LogP contribution is -2.15. The summed E-state index contributed by atoms with van der Waals surface area (Å²) in [6, 6.07) is 24.8. The van der Waals surface area contributed by atoms with Crippen LogP contribution in [0.2, 0.25) is 0 Å². The van der Waals surface area contributed by atoms with Crippen molar-refractivity contribution in [2.75, 3.05) is 5.32 Å². The van der Waals surface area contributed by atoms with Gasteiger partial charge < -0.3 is 14.5 Å². The van der Waals surface area contributed by atoms with E-state index in [-0.39, 0.29) is 12.3 Å². The lowest BCUT2D eigenvalue weighted by atomic mass is 10.2. The van der Waals surface area contributed by atoms with Gasteiger partial charge >= 0.3 is 0 Å². The maximum Gasteiger partial charge on any atom is 0.230 e. The minimum Gasteiger partial charge on any atom is -0.457 e. The molecule has 5 heteroatoms. The van der Waals surface area contributed by atoms with E-state index < -0.39 is 0 Å². The van der Waals surface area contributed by atoms with Gasteiger partial charge in [-0.3, -0.25) is 4.79 Å². The van der Waals surface area contributed by atoms with Gasteiger partial charge in [0.15, 0.2) is 0 Å². The summed E-state index contributed by atoms with van der Waals surface area (Å²) >= 11 is 0. The molecule has 4 rings (SSSR count). The van der Waals surface area contributed by atoms with Gasteiger partial charge in [-0.15, -0.1) is 0 Å². The largest absolute Gasteiger partial charge is 0.457 e. The lowest BCUT2D eigenvalue weighted by molar-refractivity contribution is -0.115. The number of benzene rings is 3. The number of hydrogen-bond donors (Lipinski definition) is 1. The first-order valence-corrected chi connectivity index (χ1v) is 9.73. The molecule has 0 bridgehead atoms. The zero-order chi connectivity index (χ0) is 20.9. The van der Waals surface area contributed by atoms with Gasteiger partial charge in [0, 0.05) is 11.3 Å². The molecule has 0 atom stereocenters. The van der Waals surface area contributed by atoms with Crippen molar-refractivity contribution in [3.8, 4) is 23.0 Å². The zero-order valence-electron chi connectivity index (χ0n) is 16.9. The molecule has 4 aromatic rings. The highest BCUT2D eigenvalue weighted by Crippen LogP contribution is 2.24. The minimum atomic E-state index is -0.154. The van der Waals surface area contributed by atoms with Crippen molar-refractivity contribution in [1.82, 2.24) is 4.98 Å². The molecule has 0 spiro atoms. The van der Waals surface area contributed by atoms with Crippen LogP contribution in [0.3, 0.4) is 0 Å². The molecule has 0 saturated carbocycles. The smallest absolute Gasteiger partial charge is 0.230 e. The average molecular weight is 398 g/mol. The van der Waals surface area contributed by atoms with Crippen LogP contribution in [0.15, 0.2) is 83.3 Å². The van der Waals surface area contributed by atoms with Gasteiger partial charge in [-0.25, -0.2) is 4.98 Å². The topological polar surface area (TPSA) is 64.4 Å². The van der Waals surface area contributed by atoms with Crippen LogP contribution in [0.25, 0.3) is 11.5 Å². The first-order valence-electron chi connectivity index (χ1n) is 9.73. The molecule has 0 unspecified atom stereocenters. The van der Waals surface area contributed by atoms with Crippen LogP contribution in [0.1, 0.15) is 17.0 Å². The van der Waals surface area contributed by atoms with Crippen molar-refractivity contribution in [3.05, 3.63) is 95.9 Å². The van der Waals surface area contributed by atoms with Crippen LogP contribution < -0.4 is 10.1 Å². The molecule has 5 nitrogen and oxygen atoms in total. The summed E-state index contributed by atoms with van der Waals surface area (Å²) in [5, 5.41) is 2.89. The molecular weight excluding hydrogens is 376 g/mol. The first kappa shape index (κ1) is 19.5. The maximum absolute atomic E-state index is 12.5. The highest BCUT2D eigenvalue weighted by molar-refractivity contribution is 5.92. The third kappa shape index (κ3) is 4.75. The Labute approximate surface area is 175 Å². The van der Waals surface area contributed by atoms with Crippen LogP contribution in [0.4, 0.5) is 5.69 Å². The Bertz CT molecular complexity index is 1130. The molecule has 150 valence electrons. The van der Waals surface area contributed by atoms with Crippen LogP contribution in [0.5, 0.6) is 11.5 Å². The summed E-state index contributed by atoms with van der Waals surface area (Å²) in [5.41, 5.74) is 3.39. The Morgan fingerprint density at radius 3 is 2.20 bits per heavy atom. The molecule has 1 amide bonds. The number of hydrogen-bond acceptors (Lipinski definition) is 4. The Morgan fingerprint density at radius 1 is 0.900 bits per heavy atom. The minimum absolute atomic E-state index is 0.143. The number of oxazole rings is 1. The summed E-state index contributed by atoms with van der Waals surface area (Å²) in [6.07, 6.45) is 0.143. The predicted octanol–water partition coefficient (Wildman–Crippen LogP) is 5.93. The number of nitrogens with zero attached hydrogens (tertiary/aromatic N) is 1. The van der Waals surface area contributed by atoms with E-state index in [4.69, 9.17) is 9.15 Å². The van der Waals surface area contributed by atoms with E-state index in [1.165, 1.54) is 5.56 Å². The summed E-state index contributed by atoms with van der Waals surface area (Å²) in [7, 11) is 0. The Hall–Kier alpha value is -3.86. The summed E-state index contributed by atoms with van der Waals surface area (Å²) in [5.74, 6) is 2.49. The highest BCUT2D eigenvalue weighted by Gasteiger charge is 2.14. The van der Waals surface area contributed by atoms with Gasteiger partial charge in [-0.2, -0.15) is 0 Å². The fourth-order valence-corrected chi connectivity index (χ4v) is 3.00. The van der Waals surface area contributed by atoms with Gasteiger partial charge in [-0.1, -0.05) is 35.9 Å². The van der Waals surface area contributed by atoms with Crippen LogP contribution in [-0.4, -0.2) is 10.9 Å². The van der Waals surface area contributed by atoms with E-state index in [0.29, 0.717) is 28.8 Å². The third-order valence-corrected chi connectivity index (χ3v) is 4.64. The third-order valence-electron chi connectivity index (χ3n) is 4.64. The molecule has 0 radical (unpaired) electrons. The SMILES string of the molecule is Cc1ccc(Oc2ccc(NC(=O)Cc3nc(-c4ccccc4)oc3C)cc2)cc1. The Balaban J connectivity index is 1.37. The molecule has 0 aliphatic carbocycles. The Kier molecular flexibility index (Phi) is 5.61. The fourth-order valence-electron chi connectivity index (χ4n) is 3.00. The summed E-state index contributed by atoms with van der Waals surface area (Å²) in [4.78, 5) is 16.9. The molecule has 0 aliphatic rings. The normalized spacial score (nSPS) is 10.6. The lowest BCUT2D eigenvalue weighted by Gasteiger charge is -2.08. The standard InChI is InChI=1S/C25H22N2O3/c1-17-8-12-21(13-9-17)30-22-14-10-20(11-15-22)26-24(28)16-23-18(2)29-25(27-23)19-6-4-3-5-7-19/h3-15H,16H2,1-2H3,(H,26,28). The number of carbonyl (C=O) groups excluding carboxylic acids is 1. The molecule has 1 heterocycles. The van der Waals surface area contributed by atoms with E-state index >= 15 is 0 Å². The molecular formula is C25H22N2O3. The monoisotopic (exact) mass is 398 g/mol. The van der Waals surface area contributed by atoms with Crippen molar-refractivity contribution >= 4 is 11.6 Å². The number of anilines is 1. The van der Waals surface area contributed by atoms with Gasteiger partial charge in [0.1, 0.15) is 17.3 Å². The van der Waals surface area contributed by atoms with E-state index in [0.717, 1.165) is 11.3 Å². The fraction of sp³-hybridized carbons (Fsp3) is 0.120. The second-order valence-electron chi connectivity index (χ2n) is 7.05. The van der Waals surface area contributed by atoms with Crippen molar-refractivity contribution in [1.29, 1.82) is 0 Å². The van der Waals surface area contributed by atoms with Crippen LogP contribution in [0, 0.1) is 13.8 Å². The second-order valence-corrected chi connectivity index (χ2v) is 7.05. The number of nitrogens with one attached hydrogen (secondary N) is 1. The number of ether oxygens (including phenoxy) is 1. The van der Waals surface area contributed by atoms with Gasteiger partial charge in [0.25, 0.3) is 0 Å². The molecule has 3 aromatic carbocycles. The van der Waals surface area contributed by atoms with Gasteiger partial charge in [0.05, 0.1) is 12.1 Å². The number of amides is 1. The van der Waals surface area contributed by atoms with Gasteiger partial charge in [0.2, 0.25) is 11.8 Å². The van der Waals surface area contributed by atoms with Crippen molar-refractivity contribution in [2.45, 2.75) is 20.3 Å². The van der Waals surface area contributed by atoms with Crippen molar-refractivity contribution in [3.63, 3.8) is 0 Å². The maximum atomic E-state index is 12.5. The summed E-state index contributed by atoms with van der Waals surface area (Å²) < 4.78 is 11.5. The van der Waals surface area contributed by atoms with Crippen molar-refractivity contribution in [2.24, 2.45) is 0 Å². The van der Waals surface area contributed by atoms with Crippen LogP contribution in [-0.2, 0) is 11.2 Å². The number of aryl methyl sites for hydroxylation is 2. The number of aromatic nitrogens is 1. The van der Waals surface area contributed by atoms with Crippen LogP contribution >= 0.6 is 0 Å². The molecule has 1 aromatic heterocycles. The quantitative estimate of drug-likeness (QED) is 0.437. The molecule has 0 fully saturated rings. The average Bonchev–Trinajstić information content (AvgIpc) is 3.12. The first-order chi connectivity index (χ1) is 14.6. The second kappa shape index (κ2) is 8.66. The molecule has 30 heavy (non-hydrogen) atoms. The number of carbonyl (C=O) groups is 1. The summed E-state index contributed by atoms with van der Waals surface area (Å²) in [6.45, 7) is 3.85. The van der Waals surface area contributed by atoms with Crippen molar-refractivity contribution < 1.29 is 13.9 Å². The van der Waals surface area contributed by atoms with Gasteiger partial charge in [-0.05, 0) is 62.4 Å². The Morgan fingerprint density at radius 2 is 1.53 bits per heavy atom. The predicted molar refractivity (Wildman–Crippen MR) is 117 cm³/mol. The van der Waals surface area contributed by atoms with E-state index in [9.17, 15) is 4.79 Å². The zero-order valence-corrected chi connectivity index (χ0v) is 16.9. The molecule has 1 N–H and O–H groups in total. The van der Waals surface area contributed by atoms with E-state index in [2.05, 4.69) is 10.3 Å². The van der Waals surface area contributed by atoms with E-state index in [1.54, 1.807) is 0 Å². The highest BCUT2D eigenvalue weighted by atomic mass is 16.5. The van der Waals surface area contributed by atoms with E-state index in [1.807, 2.05) is 92.7 Å².